The van der Waals surface area contributed by atoms with Crippen molar-refractivity contribution in [2.45, 2.75) is 13.8 Å². The molecule has 1 aromatic carbocycles. The molecule has 0 fully saturated rings. The standard InChI is InChI=1S/C7H9NO.C5H14N2.C2H6/c1-9-7-4-2-6(8)3-5-7;1-6-4-5-7(2)3;1-2/h2-5H,8H2,1H3;6H,4-5H2,1-3H3;1-2H3. The Morgan fingerprint density at radius 3 is 1.94 bits per heavy atom. The molecule has 0 unspecified atom stereocenters. The summed E-state index contributed by atoms with van der Waals surface area (Å²) in [5.74, 6) is 0.837. The van der Waals surface area contributed by atoms with Gasteiger partial charge in [0, 0.05) is 18.8 Å². The van der Waals surface area contributed by atoms with Crippen LogP contribution in [0.4, 0.5) is 5.69 Å². The van der Waals surface area contributed by atoms with Crippen molar-refractivity contribution >= 4 is 5.69 Å². The Kier molecular flexibility index (Phi) is 14.6. The molecule has 1 aromatic rings. The number of hydrogen-bond acceptors (Lipinski definition) is 4. The molecule has 0 atom stereocenters. The first-order chi connectivity index (χ1) is 8.60. The number of benzene rings is 1. The highest BCUT2D eigenvalue weighted by Crippen LogP contribution is 2.11. The third-order valence-electron chi connectivity index (χ3n) is 1.92. The predicted octanol–water partition coefficient (Wildman–Crippen LogP) is 2.07. The molecule has 0 heterocycles. The maximum Gasteiger partial charge on any atom is 0.119 e. The molecule has 4 nitrogen and oxygen atoms in total. The normalized spacial score (nSPS) is 8.83. The molecule has 0 bridgehead atoms. The third-order valence-corrected chi connectivity index (χ3v) is 1.92. The smallest absolute Gasteiger partial charge is 0.119 e. The van der Waals surface area contributed by atoms with E-state index in [0.717, 1.165) is 24.5 Å². The SMILES string of the molecule is CC.CNCCN(C)C.COc1ccc(N)cc1. The van der Waals surface area contributed by atoms with Crippen molar-refractivity contribution in [3.8, 4) is 5.75 Å². The van der Waals surface area contributed by atoms with E-state index >= 15 is 0 Å². The van der Waals surface area contributed by atoms with Crippen LogP contribution in [0.25, 0.3) is 0 Å². The number of ether oxygens (including phenoxy) is 1. The summed E-state index contributed by atoms with van der Waals surface area (Å²) in [7, 11) is 7.73. The molecule has 0 saturated heterocycles. The molecule has 0 saturated carbocycles. The number of likely N-dealkylation sites (N-methyl/N-ethyl adjacent to an activating group) is 2. The first-order valence-corrected chi connectivity index (χ1v) is 6.29. The van der Waals surface area contributed by atoms with Gasteiger partial charge >= 0.3 is 0 Å². The molecule has 0 aromatic heterocycles. The lowest BCUT2D eigenvalue weighted by molar-refractivity contribution is 0.407. The molecular formula is C14H29N3O. The fourth-order valence-electron chi connectivity index (χ4n) is 0.939. The van der Waals surface area contributed by atoms with E-state index in [1.807, 2.05) is 33.0 Å². The van der Waals surface area contributed by atoms with E-state index in [-0.39, 0.29) is 0 Å². The lowest BCUT2D eigenvalue weighted by Gasteiger charge is -2.06. The van der Waals surface area contributed by atoms with Crippen LogP contribution in [-0.4, -0.2) is 46.2 Å². The first kappa shape index (κ1) is 19.1. The van der Waals surface area contributed by atoms with Crippen LogP contribution < -0.4 is 15.8 Å². The van der Waals surface area contributed by atoms with Gasteiger partial charge in [0.2, 0.25) is 0 Å². The van der Waals surface area contributed by atoms with E-state index in [9.17, 15) is 0 Å². The zero-order valence-electron chi connectivity index (χ0n) is 12.7. The lowest BCUT2D eigenvalue weighted by Crippen LogP contribution is -2.23. The number of anilines is 1. The van der Waals surface area contributed by atoms with Crippen molar-refractivity contribution in [3.63, 3.8) is 0 Å². The minimum atomic E-state index is 0.760. The van der Waals surface area contributed by atoms with Crippen LogP contribution in [0, 0.1) is 0 Å². The fraction of sp³-hybridized carbons (Fsp3) is 0.571. The second kappa shape index (κ2) is 13.8. The monoisotopic (exact) mass is 255 g/mol. The van der Waals surface area contributed by atoms with Gasteiger partial charge in [0.1, 0.15) is 5.75 Å². The minimum Gasteiger partial charge on any atom is -0.497 e. The summed E-state index contributed by atoms with van der Waals surface area (Å²) < 4.78 is 4.91. The highest BCUT2D eigenvalue weighted by atomic mass is 16.5. The highest BCUT2D eigenvalue weighted by molar-refractivity contribution is 5.41. The molecule has 4 heteroatoms. The van der Waals surface area contributed by atoms with E-state index in [1.165, 1.54) is 0 Å². The molecule has 3 N–H and O–H groups in total. The van der Waals surface area contributed by atoms with Gasteiger partial charge in [-0.25, -0.2) is 0 Å². The zero-order valence-corrected chi connectivity index (χ0v) is 12.7. The summed E-state index contributed by atoms with van der Waals surface area (Å²) in [6.07, 6.45) is 0. The summed E-state index contributed by atoms with van der Waals surface area (Å²) in [6, 6.07) is 7.27. The number of nitrogens with two attached hydrogens (primary N) is 1. The van der Waals surface area contributed by atoms with Crippen molar-refractivity contribution in [2.75, 3.05) is 47.1 Å². The number of hydrogen-bond donors (Lipinski definition) is 2. The van der Waals surface area contributed by atoms with E-state index in [0.29, 0.717) is 0 Å². The second-order valence-electron chi connectivity index (χ2n) is 3.68. The van der Waals surface area contributed by atoms with E-state index in [1.54, 1.807) is 19.2 Å². The Hall–Kier alpha value is -1.26. The first-order valence-electron chi connectivity index (χ1n) is 6.29. The summed E-state index contributed by atoms with van der Waals surface area (Å²) in [5, 5.41) is 3.06. The number of methoxy groups -OCH3 is 1. The molecular weight excluding hydrogens is 226 g/mol. The Balaban J connectivity index is 0. The molecule has 0 aliphatic carbocycles. The van der Waals surface area contributed by atoms with Gasteiger partial charge in [-0.05, 0) is 45.4 Å². The van der Waals surface area contributed by atoms with Crippen molar-refractivity contribution in [3.05, 3.63) is 24.3 Å². The zero-order chi connectivity index (χ0) is 14.4. The van der Waals surface area contributed by atoms with Gasteiger partial charge in [-0.15, -0.1) is 0 Å². The molecule has 0 aliphatic rings. The molecule has 0 aliphatic heterocycles. The van der Waals surface area contributed by atoms with Crippen molar-refractivity contribution in [2.24, 2.45) is 0 Å². The number of nitrogens with zero attached hydrogens (tertiary/aromatic N) is 1. The van der Waals surface area contributed by atoms with Gasteiger partial charge in [0.15, 0.2) is 0 Å². The number of nitrogens with one attached hydrogen (secondary N) is 1. The maximum absolute atomic E-state index is 5.43. The van der Waals surface area contributed by atoms with Crippen LogP contribution in [0.5, 0.6) is 5.75 Å². The highest BCUT2D eigenvalue weighted by Gasteiger charge is 1.86. The Morgan fingerprint density at radius 2 is 1.67 bits per heavy atom. The minimum absolute atomic E-state index is 0.760. The summed E-state index contributed by atoms with van der Waals surface area (Å²) in [5.41, 5.74) is 6.19. The Labute approximate surface area is 112 Å². The number of nitrogen functional groups attached to an aromatic ring is 1. The molecule has 1 rings (SSSR count). The molecule has 106 valence electrons. The quantitative estimate of drug-likeness (QED) is 0.809. The van der Waals surface area contributed by atoms with Crippen LogP contribution >= 0.6 is 0 Å². The molecule has 0 radical (unpaired) electrons. The molecule has 0 spiro atoms. The van der Waals surface area contributed by atoms with Crippen LogP contribution in [0.15, 0.2) is 24.3 Å². The largest absolute Gasteiger partial charge is 0.497 e. The molecule has 18 heavy (non-hydrogen) atoms. The average molecular weight is 255 g/mol. The van der Waals surface area contributed by atoms with Crippen molar-refractivity contribution in [1.29, 1.82) is 0 Å². The lowest BCUT2D eigenvalue weighted by atomic mass is 10.3. The maximum atomic E-state index is 5.43. The van der Waals surface area contributed by atoms with Gasteiger partial charge < -0.3 is 20.7 Å². The topological polar surface area (TPSA) is 50.5 Å². The van der Waals surface area contributed by atoms with Gasteiger partial charge in [0.25, 0.3) is 0 Å². The van der Waals surface area contributed by atoms with Gasteiger partial charge in [-0.3, -0.25) is 0 Å². The van der Waals surface area contributed by atoms with Gasteiger partial charge in [0.05, 0.1) is 7.11 Å². The van der Waals surface area contributed by atoms with Gasteiger partial charge in [-0.1, -0.05) is 13.8 Å². The summed E-state index contributed by atoms with van der Waals surface area (Å²) in [4.78, 5) is 2.15. The summed E-state index contributed by atoms with van der Waals surface area (Å²) in [6.45, 7) is 6.20. The van der Waals surface area contributed by atoms with Crippen LogP contribution in [0.2, 0.25) is 0 Å². The fourth-order valence-corrected chi connectivity index (χ4v) is 0.939. The van der Waals surface area contributed by atoms with Crippen LogP contribution in [0.1, 0.15) is 13.8 Å². The van der Waals surface area contributed by atoms with Gasteiger partial charge in [-0.2, -0.15) is 0 Å². The average Bonchev–Trinajstić information content (AvgIpc) is 2.40. The van der Waals surface area contributed by atoms with E-state index in [2.05, 4.69) is 24.3 Å². The van der Waals surface area contributed by atoms with E-state index < -0.39 is 0 Å². The summed E-state index contributed by atoms with van der Waals surface area (Å²) >= 11 is 0. The Morgan fingerprint density at radius 1 is 1.17 bits per heavy atom. The van der Waals surface area contributed by atoms with Crippen LogP contribution in [-0.2, 0) is 0 Å². The van der Waals surface area contributed by atoms with Crippen molar-refractivity contribution in [1.82, 2.24) is 10.2 Å². The third kappa shape index (κ3) is 12.8. The second-order valence-corrected chi connectivity index (χ2v) is 3.68. The Bertz CT molecular complexity index is 260. The predicted molar refractivity (Wildman–Crippen MR) is 81.2 cm³/mol. The number of rotatable bonds is 4. The van der Waals surface area contributed by atoms with E-state index in [4.69, 9.17) is 10.5 Å². The van der Waals surface area contributed by atoms with Crippen LogP contribution in [0.3, 0.4) is 0 Å². The molecule has 0 amide bonds. The van der Waals surface area contributed by atoms with Crippen molar-refractivity contribution < 1.29 is 4.74 Å².